The highest BCUT2D eigenvalue weighted by Gasteiger charge is 2.12. The highest BCUT2D eigenvalue weighted by Crippen LogP contribution is 2.18. The van der Waals surface area contributed by atoms with E-state index in [1.807, 2.05) is 6.92 Å². The van der Waals surface area contributed by atoms with Crippen LogP contribution in [0.5, 0.6) is 0 Å². The molecule has 0 aliphatic heterocycles. The van der Waals surface area contributed by atoms with E-state index in [0.717, 1.165) is 6.08 Å². The lowest BCUT2D eigenvalue weighted by atomic mass is 10.2. The lowest BCUT2D eigenvalue weighted by Crippen LogP contribution is -2.31. The number of rotatable bonds is 6. The number of hydrogen-bond acceptors (Lipinski definition) is 4. The topological polar surface area (TPSA) is 75.6 Å². The predicted octanol–water partition coefficient (Wildman–Crippen LogP) is 1.61. The van der Waals surface area contributed by atoms with Crippen LogP contribution in [0.1, 0.15) is 22.2 Å². The fraction of sp³-hybridized carbons (Fsp3) is 0.333. The summed E-state index contributed by atoms with van der Waals surface area (Å²) in [7, 11) is 1.57. The summed E-state index contributed by atoms with van der Waals surface area (Å²) in [6.45, 7) is 2.26. The molecule has 0 spiro atoms. The van der Waals surface area contributed by atoms with Crippen LogP contribution in [-0.2, 0) is 9.53 Å². The Bertz CT molecular complexity index is 453. The van der Waals surface area contributed by atoms with E-state index in [4.69, 9.17) is 9.84 Å². The minimum atomic E-state index is -1.04. The van der Waals surface area contributed by atoms with Crippen molar-refractivity contribution in [1.82, 2.24) is 5.32 Å². The number of methoxy groups -OCH3 is 1. The first-order valence-corrected chi connectivity index (χ1v) is 6.22. The molecule has 0 aromatic carbocycles. The number of amides is 1. The molecule has 1 amide bonds. The first-order chi connectivity index (χ1) is 8.54. The van der Waals surface area contributed by atoms with Crippen molar-refractivity contribution in [2.75, 3.05) is 13.7 Å². The number of carboxylic acid groups (broad SMARTS) is 1. The molecule has 1 aromatic heterocycles. The Labute approximate surface area is 109 Å². The monoisotopic (exact) mass is 269 g/mol. The summed E-state index contributed by atoms with van der Waals surface area (Å²) in [5, 5.41) is 13.0. The average Bonchev–Trinajstić information content (AvgIpc) is 2.81. The number of aliphatic carboxylic acids is 1. The summed E-state index contributed by atoms with van der Waals surface area (Å²) < 4.78 is 5.02. The number of carbonyl (C=O) groups excluding carboxylic acids is 1. The Balaban J connectivity index is 2.69. The van der Waals surface area contributed by atoms with Gasteiger partial charge in [0.05, 0.1) is 11.0 Å². The number of thiophene rings is 1. The maximum absolute atomic E-state index is 11.9. The van der Waals surface area contributed by atoms with E-state index in [1.54, 1.807) is 18.6 Å². The smallest absolute Gasteiger partial charge is 0.328 e. The van der Waals surface area contributed by atoms with Crippen molar-refractivity contribution < 1.29 is 19.4 Å². The number of carbonyl (C=O) groups is 2. The van der Waals surface area contributed by atoms with E-state index in [1.165, 1.54) is 17.4 Å². The van der Waals surface area contributed by atoms with Crippen LogP contribution in [0.3, 0.4) is 0 Å². The van der Waals surface area contributed by atoms with Crippen LogP contribution in [0.25, 0.3) is 6.08 Å². The van der Waals surface area contributed by atoms with Crippen LogP contribution in [0.2, 0.25) is 0 Å². The largest absolute Gasteiger partial charge is 0.478 e. The molecule has 6 heteroatoms. The van der Waals surface area contributed by atoms with Crippen LogP contribution in [0.15, 0.2) is 17.5 Å². The van der Waals surface area contributed by atoms with Gasteiger partial charge in [-0.3, -0.25) is 4.79 Å². The van der Waals surface area contributed by atoms with Gasteiger partial charge in [-0.05, 0) is 30.0 Å². The zero-order chi connectivity index (χ0) is 13.5. The summed E-state index contributed by atoms with van der Waals surface area (Å²) in [4.78, 5) is 22.8. The fourth-order valence-electron chi connectivity index (χ4n) is 1.20. The molecule has 0 bridgehead atoms. The van der Waals surface area contributed by atoms with Gasteiger partial charge in [0.2, 0.25) is 0 Å². The number of nitrogens with one attached hydrogen (secondary N) is 1. The van der Waals surface area contributed by atoms with E-state index >= 15 is 0 Å². The molecule has 1 unspecified atom stereocenters. The summed E-state index contributed by atoms with van der Waals surface area (Å²) in [5.41, 5.74) is 0.602. The molecule has 2 N–H and O–H groups in total. The second kappa shape index (κ2) is 6.93. The normalized spacial score (nSPS) is 12.6. The third-order valence-electron chi connectivity index (χ3n) is 2.26. The molecular formula is C12H15NO4S. The first-order valence-electron chi connectivity index (χ1n) is 5.34. The Morgan fingerprint density at radius 2 is 2.33 bits per heavy atom. The van der Waals surface area contributed by atoms with Crippen molar-refractivity contribution >= 4 is 29.3 Å². The Morgan fingerprint density at radius 3 is 2.94 bits per heavy atom. The Hall–Kier alpha value is -1.66. The molecule has 0 saturated carbocycles. The highest BCUT2D eigenvalue weighted by molar-refractivity contribution is 7.12. The minimum Gasteiger partial charge on any atom is -0.478 e. The number of carboxylic acids is 1. The van der Waals surface area contributed by atoms with Crippen LogP contribution in [-0.4, -0.2) is 36.7 Å². The molecule has 1 aromatic rings. The maximum atomic E-state index is 11.9. The van der Waals surface area contributed by atoms with E-state index in [0.29, 0.717) is 17.0 Å². The van der Waals surface area contributed by atoms with E-state index in [2.05, 4.69) is 5.32 Å². The standard InChI is InChI=1S/C12H15NO4S/c1-8(17-2)7-13-12(16)11-9(5-6-18-11)3-4-10(14)15/h3-6,8H,7H2,1-2H3,(H,13,16)(H,14,15)/b4-3+. The first kappa shape index (κ1) is 14.4. The van der Waals surface area contributed by atoms with Crippen molar-refractivity contribution in [3.8, 4) is 0 Å². The van der Waals surface area contributed by atoms with Gasteiger partial charge in [0.25, 0.3) is 5.91 Å². The SMILES string of the molecule is COC(C)CNC(=O)c1sccc1/C=C/C(=O)O. The van der Waals surface area contributed by atoms with Crippen LogP contribution >= 0.6 is 11.3 Å². The van der Waals surface area contributed by atoms with Gasteiger partial charge in [-0.2, -0.15) is 0 Å². The van der Waals surface area contributed by atoms with Gasteiger partial charge in [0.15, 0.2) is 0 Å². The average molecular weight is 269 g/mol. The molecule has 18 heavy (non-hydrogen) atoms. The van der Waals surface area contributed by atoms with Crippen molar-refractivity contribution in [1.29, 1.82) is 0 Å². The van der Waals surface area contributed by atoms with Gasteiger partial charge in [0, 0.05) is 19.7 Å². The summed E-state index contributed by atoms with van der Waals surface area (Å²) in [5.74, 6) is -1.26. The van der Waals surface area contributed by atoms with Crippen LogP contribution in [0, 0.1) is 0 Å². The Morgan fingerprint density at radius 1 is 1.61 bits per heavy atom. The molecule has 1 rings (SSSR count). The summed E-state index contributed by atoms with van der Waals surface area (Å²) in [6.07, 6.45) is 2.36. The molecule has 0 aliphatic carbocycles. The van der Waals surface area contributed by atoms with Gasteiger partial charge in [-0.1, -0.05) is 0 Å². The number of ether oxygens (including phenoxy) is 1. The molecule has 0 saturated heterocycles. The zero-order valence-electron chi connectivity index (χ0n) is 10.2. The molecule has 0 fully saturated rings. The second-order valence-corrected chi connectivity index (χ2v) is 4.55. The van der Waals surface area contributed by atoms with E-state index < -0.39 is 5.97 Å². The molecule has 1 atom stereocenters. The van der Waals surface area contributed by atoms with Crippen molar-refractivity contribution in [3.05, 3.63) is 28.0 Å². The van der Waals surface area contributed by atoms with Crippen LogP contribution < -0.4 is 5.32 Å². The van der Waals surface area contributed by atoms with Gasteiger partial charge in [0.1, 0.15) is 0 Å². The highest BCUT2D eigenvalue weighted by atomic mass is 32.1. The summed E-state index contributed by atoms with van der Waals surface area (Å²) in [6, 6.07) is 1.71. The molecule has 0 radical (unpaired) electrons. The van der Waals surface area contributed by atoms with Gasteiger partial charge >= 0.3 is 5.97 Å². The molecule has 5 nitrogen and oxygen atoms in total. The minimum absolute atomic E-state index is 0.0630. The maximum Gasteiger partial charge on any atom is 0.328 e. The van der Waals surface area contributed by atoms with Crippen molar-refractivity contribution in [2.45, 2.75) is 13.0 Å². The fourth-order valence-corrected chi connectivity index (χ4v) is 2.00. The van der Waals surface area contributed by atoms with Crippen molar-refractivity contribution in [2.24, 2.45) is 0 Å². The van der Waals surface area contributed by atoms with Gasteiger partial charge in [-0.25, -0.2) is 4.79 Å². The van der Waals surface area contributed by atoms with Crippen LogP contribution in [0.4, 0.5) is 0 Å². The molecular weight excluding hydrogens is 254 g/mol. The molecule has 98 valence electrons. The Kier molecular flexibility index (Phi) is 5.54. The van der Waals surface area contributed by atoms with Gasteiger partial charge < -0.3 is 15.2 Å². The third kappa shape index (κ3) is 4.31. The molecule has 1 heterocycles. The van der Waals surface area contributed by atoms with E-state index in [9.17, 15) is 9.59 Å². The predicted molar refractivity (Wildman–Crippen MR) is 69.8 cm³/mol. The van der Waals surface area contributed by atoms with Crippen molar-refractivity contribution in [3.63, 3.8) is 0 Å². The quantitative estimate of drug-likeness (QED) is 0.769. The molecule has 0 aliphatic rings. The third-order valence-corrected chi connectivity index (χ3v) is 3.19. The van der Waals surface area contributed by atoms with E-state index in [-0.39, 0.29) is 12.0 Å². The number of hydrogen-bond donors (Lipinski definition) is 2. The lowest BCUT2D eigenvalue weighted by molar-refractivity contribution is -0.131. The lowest BCUT2D eigenvalue weighted by Gasteiger charge is -2.10. The second-order valence-electron chi connectivity index (χ2n) is 3.63. The summed E-state index contributed by atoms with van der Waals surface area (Å²) >= 11 is 1.27. The zero-order valence-corrected chi connectivity index (χ0v) is 11.0. The van der Waals surface area contributed by atoms with Gasteiger partial charge in [-0.15, -0.1) is 11.3 Å².